The number of hydrogen-bond donors (Lipinski definition) is 1. The molecule has 2 rings (SSSR count). The fourth-order valence-corrected chi connectivity index (χ4v) is 2.85. The van der Waals surface area contributed by atoms with Gasteiger partial charge in [-0.1, -0.05) is 12.8 Å². The Morgan fingerprint density at radius 3 is 2.87 bits per heavy atom. The summed E-state index contributed by atoms with van der Waals surface area (Å²) in [5, 5.41) is 6.91. The third kappa shape index (κ3) is 3.02. The first-order valence-electron chi connectivity index (χ1n) is 5.75. The minimum absolute atomic E-state index is 0.0163. The summed E-state index contributed by atoms with van der Waals surface area (Å²) in [7, 11) is 0. The SMILES string of the molecule is CC(CC1CC1)NC(C)(C)c1nccs1. The highest BCUT2D eigenvalue weighted by Gasteiger charge is 2.28. The van der Waals surface area contributed by atoms with E-state index in [0.29, 0.717) is 6.04 Å². The maximum atomic E-state index is 4.39. The van der Waals surface area contributed by atoms with Crippen molar-refractivity contribution in [3.8, 4) is 0 Å². The van der Waals surface area contributed by atoms with Crippen molar-refractivity contribution in [3.63, 3.8) is 0 Å². The monoisotopic (exact) mass is 224 g/mol. The van der Waals surface area contributed by atoms with E-state index in [1.807, 2.05) is 11.6 Å². The molecular formula is C12H20N2S. The molecule has 1 heterocycles. The van der Waals surface area contributed by atoms with Crippen LogP contribution in [0.5, 0.6) is 0 Å². The van der Waals surface area contributed by atoms with Crippen LogP contribution in [0.2, 0.25) is 0 Å². The molecule has 0 spiro atoms. The summed E-state index contributed by atoms with van der Waals surface area (Å²) in [5.74, 6) is 0.986. The van der Waals surface area contributed by atoms with E-state index in [-0.39, 0.29) is 5.54 Å². The minimum atomic E-state index is 0.0163. The highest BCUT2D eigenvalue weighted by Crippen LogP contribution is 2.34. The lowest BCUT2D eigenvalue weighted by molar-refractivity contribution is 0.333. The Hall–Kier alpha value is -0.410. The van der Waals surface area contributed by atoms with Gasteiger partial charge < -0.3 is 5.32 Å². The molecule has 84 valence electrons. The molecule has 0 radical (unpaired) electrons. The summed E-state index contributed by atoms with van der Waals surface area (Å²) >= 11 is 1.73. The minimum Gasteiger partial charge on any atom is -0.303 e. The van der Waals surface area contributed by atoms with Crippen LogP contribution in [-0.2, 0) is 5.54 Å². The molecule has 1 aromatic rings. The van der Waals surface area contributed by atoms with Gasteiger partial charge in [-0.25, -0.2) is 4.98 Å². The molecule has 3 heteroatoms. The van der Waals surface area contributed by atoms with E-state index in [2.05, 4.69) is 31.1 Å². The van der Waals surface area contributed by atoms with Gasteiger partial charge in [-0.15, -0.1) is 11.3 Å². The average molecular weight is 224 g/mol. The summed E-state index contributed by atoms with van der Waals surface area (Å²) in [6.07, 6.45) is 6.07. The molecule has 1 aromatic heterocycles. The molecule has 15 heavy (non-hydrogen) atoms. The summed E-state index contributed by atoms with van der Waals surface area (Å²) in [4.78, 5) is 4.39. The molecule has 0 aliphatic heterocycles. The highest BCUT2D eigenvalue weighted by molar-refractivity contribution is 7.09. The van der Waals surface area contributed by atoms with Crippen molar-refractivity contribution in [3.05, 3.63) is 16.6 Å². The van der Waals surface area contributed by atoms with Gasteiger partial charge in [-0.05, 0) is 33.1 Å². The van der Waals surface area contributed by atoms with Gasteiger partial charge in [0.25, 0.3) is 0 Å². The van der Waals surface area contributed by atoms with Gasteiger partial charge in [0, 0.05) is 17.6 Å². The maximum Gasteiger partial charge on any atom is 0.112 e. The van der Waals surface area contributed by atoms with Crippen LogP contribution in [-0.4, -0.2) is 11.0 Å². The lowest BCUT2D eigenvalue weighted by atomic mass is 10.0. The van der Waals surface area contributed by atoms with Crippen molar-refractivity contribution in [2.24, 2.45) is 5.92 Å². The van der Waals surface area contributed by atoms with Gasteiger partial charge in [-0.2, -0.15) is 0 Å². The van der Waals surface area contributed by atoms with Crippen molar-refractivity contribution in [2.75, 3.05) is 0 Å². The van der Waals surface area contributed by atoms with Crippen molar-refractivity contribution < 1.29 is 0 Å². The Kier molecular flexibility index (Phi) is 3.12. The molecule has 0 bridgehead atoms. The molecule has 0 aromatic carbocycles. The van der Waals surface area contributed by atoms with Crippen molar-refractivity contribution in [1.82, 2.24) is 10.3 Å². The van der Waals surface area contributed by atoms with Gasteiger partial charge in [0.05, 0.1) is 5.54 Å². The predicted octanol–water partition coefficient (Wildman–Crippen LogP) is 3.16. The predicted molar refractivity (Wildman–Crippen MR) is 65.1 cm³/mol. The third-order valence-corrected chi connectivity index (χ3v) is 4.05. The zero-order valence-electron chi connectivity index (χ0n) is 9.79. The van der Waals surface area contributed by atoms with Crippen LogP contribution in [0.3, 0.4) is 0 Å². The van der Waals surface area contributed by atoms with E-state index < -0.39 is 0 Å². The fraction of sp³-hybridized carbons (Fsp3) is 0.750. The first-order valence-corrected chi connectivity index (χ1v) is 6.63. The van der Waals surface area contributed by atoms with Crippen molar-refractivity contribution in [1.29, 1.82) is 0 Å². The van der Waals surface area contributed by atoms with Crippen LogP contribution in [0.15, 0.2) is 11.6 Å². The molecule has 1 unspecified atom stereocenters. The first kappa shape index (κ1) is 11.1. The Morgan fingerprint density at radius 1 is 1.60 bits per heavy atom. The topological polar surface area (TPSA) is 24.9 Å². The van der Waals surface area contributed by atoms with Crippen LogP contribution in [0.25, 0.3) is 0 Å². The first-order chi connectivity index (χ1) is 7.08. The quantitative estimate of drug-likeness (QED) is 0.831. The molecule has 1 atom stereocenters. The maximum absolute atomic E-state index is 4.39. The van der Waals surface area contributed by atoms with Crippen LogP contribution in [0, 0.1) is 5.92 Å². The molecular weight excluding hydrogens is 204 g/mol. The molecule has 0 saturated heterocycles. The zero-order chi connectivity index (χ0) is 10.9. The van der Waals surface area contributed by atoms with Gasteiger partial charge in [0.15, 0.2) is 0 Å². The van der Waals surface area contributed by atoms with E-state index >= 15 is 0 Å². The number of hydrogen-bond acceptors (Lipinski definition) is 3. The van der Waals surface area contributed by atoms with Gasteiger partial charge in [-0.3, -0.25) is 0 Å². The number of thiazole rings is 1. The van der Waals surface area contributed by atoms with E-state index in [0.717, 1.165) is 5.92 Å². The summed E-state index contributed by atoms with van der Waals surface area (Å²) < 4.78 is 0. The lowest BCUT2D eigenvalue weighted by Crippen LogP contribution is -2.42. The molecule has 1 saturated carbocycles. The van der Waals surface area contributed by atoms with Crippen LogP contribution < -0.4 is 5.32 Å². The van der Waals surface area contributed by atoms with Crippen molar-refractivity contribution >= 4 is 11.3 Å². The Morgan fingerprint density at radius 2 is 2.33 bits per heavy atom. The van der Waals surface area contributed by atoms with E-state index in [9.17, 15) is 0 Å². The zero-order valence-corrected chi connectivity index (χ0v) is 10.6. The third-order valence-electron chi connectivity index (χ3n) is 2.96. The summed E-state index contributed by atoms with van der Waals surface area (Å²) in [5.41, 5.74) is 0.0163. The largest absolute Gasteiger partial charge is 0.303 e. The molecule has 2 nitrogen and oxygen atoms in total. The molecule has 1 aliphatic carbocycles. The van der Waals surface area contributed by atoms with Crippen LogP contribution in [0.4, 0.5) is 0 Å². The van der Waals surface area contributed by atoms with E-state index in [1.54, 1.807) is 11.3 Å². The Balaban J connectivity index is 1.90. The number of nitrogens with one attached hydrogen (secondary N) is 1. The number of rotatable bonds is 5. The lowest BCUT2D eigenvalue weighted by Gasteiger charge is -2.28. The van der Waals surface area contributed by atoms with E-state index in [1.165, 1.54) is 24.3 Å². The normalized spacial score (nSPS) is 19.1. The van der Waals surface area contributed by atoms with Crippen molar-refractivity contribution in [2.45, 2.75) is 51.6 Å². The molecule has 1 fully saturated rings. The highest BCUT2D eigenvalue weighted by atomic mass is 32.1. The Labute approximate surface area is 96.1 Å². The smallest absolute Gasteiger partial charge is 0.112 e. The number of nitrogens with zero attached hydrogens (tertiary/aromatic N) is 1. The van der Waals surface area contributed by atoms with Crippen LogP contribution >= 0.6 is 11.3 Å². The number of aromatic nitrogens is 1. The molecule has 1 aliphatic rings. The Bertz CT molecular complexity index is 301. The molecule has 1 N–H and O–H groups in total. The van der Waals surface area contributed by atoms with Gasteiger partial charge in [0.1, 0.15) is 5.01 Å². The summed E-state index contributed by atoms with van der Waals surface area (Å²) in [6.45, 7) is 6.72. The molecule has 0 amide bonds. The van der Waals surface area contributed by atoms with E-state index in [4.69, 9.17) is 0 Å². The average Bonchev–Trinajstić information content (AvgIpc) is 2.79. The van der Waals surface area contributed by atoms with Gasteiger partial charge >= 0.3 is 0 Å². The second-order valence-corrected chi connectivity index (χ2v) is 6.08. The summed E-state index contributed by atoms with van der Waals surface area (Å²) in [6, 6.07) is 0.594. The van der Waals surface area contributed by atoms with Gasteiger partial charge in [0.2, 0.25) is 0 Å². The fourth-order valence-electron chi connectivity index (χ4n) is 2.12. The standard InChI is InChI=1S/C12H20N2S/c1-9(8-10-4-5-10)14-12(2,3)11-13-6-7-15-11/h6-7,9-10,14H,4-5,8H2,1-3H3. The van der Waals surface area contributed by atoms with Crippen LogP contribution in [0.1, 0.15) is 45.0 Å². The second kappa shape index (κ2) is 4.22. The second-order valence-electron chi connectivity index (χ2n) is 5.19.